The van der Waals surface area contributed by atoms with Gasteiger partial charge in [0.1, 0.15) is 5.75 Å². The second-order valence-electron chi connectivity index (χ2n) is 5.28. The van der Waals surface area contributed by atoms with E-state index in [1.165, 1.54) is 0 Å². The second-order valence-corrected chi connectivity index (χ2v) is 5.28. The molecule has 0 bridgehead atoms. The number of nitrogens with one attached hydrogen (secondary N) is 2. The van der Waals surface area contributed by atoms with Crippen molar-refractivity contribution in [3.05, 3.63) is 59.2 Å². The van der Waals surface area contributed by atoms with Crippen molar-refractivity contribution in [1.29, 1.82) is 5.41 Å². The van der Waals surface area contributed by atoms with Gasteiger partial charge >= 0.3 is 0 Å². The lowest BCUT2D eigenvalue weighted by Gasteiger charge is -2.12. The van der Waals surface area contributed by atoms with Gasteiger partial charge < -0.3 is 10.8 Å². The lowest BCUT2D eigenvalue weighted by atomic mass is 9.94. The molecule has 2 aromatic carbocycles. The van der Waals surface area contributed by atoms with Crippen LogP contribution in [0.4, 0.5) is 0 Å². The van der Waals surface area contributed by atoms with Crippen LogP contribution in [0.1, 0.15) is 18.1 Å². The molecule has 0 aromatic heterocycles. The highest BCUT2D eigenvalue weighted by Crippen LogP contribution is 2.31. The molecule has 5 heteroatoms. The summed E-state index contributed by atoms with van der Waals surface area (Å²) in [6.45, 7) is 3.63. The molecule has 0 aliphatic rings. The van der Waals surface area contributed by atoms with Gasteiger partial charge in [-0.1, -0.05) is 30.3 Å². The maximum atomic E-state index is 11.9. The van der Waals surface area contributed by atoms with Crippen molar-refractivity contribution in [2.45, 2.75) is 13.8 Å². The molecule has 2 aromatic rings. The number of phenols is 1. The largest absolute Gasteiger partial charge is 0.508 e. The molecule has 0 aliphatic carbocycles. The first kappa shape index (κ1) is 16.3. The molecule has 0 saturated heterocycles. The smallest absolute Gasteiger partial charge is 0.253 e. The number of benzene rings is 2. The van der Waals surface area contributed by atoms with E-state index in [0.29, 0.717) is 5.57 Å². The van der Waals surface area contributed by atoms with Crippen molar-refractivity contribution in [3.63, 3.8) is 0 Å². The van der Waals surface area contributed by atoms with E-state index in [1.807, 2.05) is 31.2 Å². The van der Waals surface area contributed by atoms with Gasteiger partial charge in [-0.15, -0.1) is 0 Å². The van der Waals surface area contributed by atoms with Crippen molar-refractivity contribution in [2.24, 2.45) is 5.73 Å². The predicted octanol–water partition coefficient (Wildman–Crippen LogP) is 2.78. The number of amides is 1. The molecule has 0 unspecified atom stereocenters. The van der Waals surface area contributed by atoms with Gasteiger partial charge in [0, 0.05) is 5.57 Å². The number of nitrogens with two attached hydrogens (primary N) is 1. The summed E-state index contributed by atoms with van der Waals surface area (Å²) in [4.78, 5) is 11.9. The molecule has 23 heavy (non-hydrogen) atoms. The summed E-state index contributed by atoms with van der Waals surface area (Å²) in [5.41, 5.74) is 9.32. The number of phenolic OH excluding ortho intramolecular Hbond substituents is 1. The number of aryl methyl sites for hydroxylation is 1. The number of hydrogen-bond acceptors (Lipinski definition) is 3. The second kappa shape index (κ2) is 6.79. The maximum absolute atomic E-state index is 11.9. The maximum Gasteiger partial charge on any atom is 0.253 e. The van der Waals surface area contributed by atoms with E-state index < -0.39 is 5.91 Å². The van der Waals surface area contributed by atoms with E-state index in [-0.39, 0.29) is 11.7 Å². The fraction of sp³-hybridized carbons (Fsp3) is 0.111. The third-order valence-corrected chi connectivity index (χ3v) is 3.42. The third-order valence-electron chi connectivity index (χ3n) is 3.42. The zero-order valence-corrected chi connectivity index (χ0v) is 13.1. The van der Waals surface area contributed by atoms with Crippen LogP contribution in [0.25, 0.3) is 17.2 Å². The van der Waals surface area contributed by atoms with Crippen LogP contribution in [0.5, 0.6) is 5.75 Å². The summed E-state index contributed by atoms with van der Waals surface area (Å²) < 4.78 is 0. The summed E-state index contributed by atoms with van der Waals surface area (Å²) in [7, 11) is 0. The Kier molecular flexibility index (Phi) is 4.81. The molecule has 0 saturated carbocycles. The molecule has 1 amide bonds. The molecule has 0 aliphatic heterocycles. The number of guanidine groups is 1. The SMILES string of the molecule is C/C(=C\c1cccc(C)c1-c1cccc(O)c1)C(=O)NC(=N)N. The standard InChI is InChI=1S/C18H19N3O2/c1-11-5-3-6-13(9-12(2)17(23)21-18(19)20)16(11)14-7-4-8-15(22)10-14/h3-10,22H,1-2H3,(H4,19,20,21,23)/b12-9+. The first-order valence-electron chi connectivity index (χ1n) is 7.11. The van der Waals surface area contributed by atoms with Gasteiger partial charge in [0.25, 0.3) is 5.91 Å². The first-order chi connectivity index (χ1) is 10.9. The molecule has 5 N–H and O–H groups in total. The average molecular weight is 309 g/mol. The van der Waals surface area contributed by atoms with Crippen molar-refractivity contribution in [1.82, 2.24) is 5.32 Å². The molecule has 0 fully saturated rings. The fourth-order valence-electron chi connectivity index (χ4n) is 2.39. The van der Waals surface area contributed by atoms with Gasteiger partial charge in [0.15, 0.2) is 5.96 Å². The topological polar surface area (TPSA) is 99.2 Å². The van der Waals surface area contributed by atoms with E-state index in [0.717, 1.165) is 22.3 Å². The molecular formula is C18H19N3O2. The Hall–Kier alpha value is -3.08. The Morgan fingerprint density at radius 3 is 2.61 bits per heavy atom. The summed E-state index contributed by atoms with van der Waals surface area (Å²) in [6.07, 6.45) is 1.74. The Labute approximate surface area is 135 Å². The van der Waals surface area contributed by atoms with Crippen molar-refractivity contribution < 1.29 is 9.90 Å². The minimum Gasteiger partial charge on any atom is -0.508 e. The highest BCUT2D eigenvalue weighted by Gasteiger charge is 2.10. The zero-order chi connectivity index (χ0) is 17.0. The van der Waals surface area contributed by atoms with Crippen LogP contribution in [-0.2, 0) is 4.79 Å². The summed E-state index contributed by atoms with van der Waals surface area (Å²) in [6, 6.07) is 12.8. The van der Waals surface area contributed by atoms with E-state index in [9.17, 15) is 9.90 Å². The minimum atomic E-state index is -0.416. The molecule has 0 radical (unpaired) electrons. The van der Waals surface area contributed by atoms with Crippen LogP contribution in [0.3, 0.4) is 0 Å². The normalized spacial score (nSPS) is 11.1. The van der Waals surface area contributed by atoms with Crippen LogP contribution < -0.4 is 11.1 Å². The van der Waals surface area contributed by atoms with Gasteiger partial charge in [-0.25, -0.2) is 0 Å². The lowest BCUT2D eigenvalue weighted by molar-refractivity contribution is -0.116. The van der Waals surface area contributed by atoms with Crippen molar-refractivity contribution in [3.8, 4) is 16.9 Å². The Morgan fingerprint density at radius 1 is 1.26 bits per heavy atom. The zero-order valence-electron chi connectivity index (χ0n) is 13.1. The predicted molar refractivity (Wildman–Crippen MR) is 92.0 cm³/mol. The number of carbonyl (C=O) groups is 1. The van der Waals surface area contributed by atoms with E-state index >= 15 is 0 Å². The van der Waals surface area contributed by atoms with Gasteiger partial charge in [-0.3, -0.25) is 15.5 Å². The van der Waals surface area contributed by atoms with E-state index in [1.54, 1.807) is 31.2 Å². The van der Waals surface area contributed by atoms with Gasteiger partial charge in [0.05, 0.1) is 0 Å². The third kappa shape index (κ3) is 3.97. The van der Waals surface area contributed by atoms with Gasteiger partial charge in [-0.05, 0) is 54.3 Å². The van der Waals surface area contributed by atoms with Crippen LogP contribution in [-0.4, -0.2) is 17.0 Å². The minimum absolute atomic E-state index is 0.187. The van der Waals surface area contributed by atoms with Crippen molar-refractivity contribution >= 4 is 17.9 Å². The number of hydrogen-bond donors (Lipinski definition) is 4. The van der Waals surface area contributed by atoms with Gasteiger partial charge in [0.2, 0.25) is 0 Å². The first-order valence-corrected chi connectivity index (χ1v) is 7.11. The highest BCUT2D eigenvalue weighted by molar-refractivity contribution is 6.06. The monoisotopic (exact) mass is 309 g/mol. The lowest BCUT2D eigenvalue weighted by Crippen LogP contribution is -2.36. The van der Waals surface area contributed by atoms with E-state index in [4.69, 9.17) is 11.1 Å². The molecule has 0 spiro atoms. The van der Waals surface area contributed by atoms with Crippen molar-refractivity contribution in [2.75, 3.05) is 0 Å². The summed E-state index contributed by atoms with van der Waals surface area (Å²) >= 11 is 0. The number of aromatic hydroxyl groups is 1. The Balaban J connectivity index is 2.50. The average Bonchev–Trinajstić information content (AvgIpc) is 2.46. The van der Waals surface area contributed by atoms with E-state index in [2.05, 4.69) is 5.32 Å². The molecule has 0 atom stereocenters. The van der Waals surface area contributed by atoms with Crippen LogP contribution >= 0.6 is 0 Å². The van der Waals surface area contributed by atoms with Crippen LogP contribution in [0, 0.1) is 12.3 Å². The molecule has 0 heterocycles. The quantitative estimate of drug-likeness (QED) is 0.398. The fourth-order valence-corrected chi connectivity index (χ4v) is 2.39. The van der Waals surface area contributed by atoms with Crippen LogP contribution in [0.2, 0.25) is 0 Å². The molecule has 2 rings (SSSR count). The number of carbonyl (C=O) groups excluding carboxylic acids is 1. The summed E-state index contributed by atoms with van der Waals surface area (Å²) in [5.74, 6) is -0.618. The molecular weight excluding hydrogens is 290 g/mol. The molecule has 118 valence electrons. The van der Waals surface area contributed by atoms with Crippen LogP contribution in [0.15, 0.2) is 48.0 Å². The highest BCUT2D eigenvalue weighted by atomic mass is 16.3. The molecule has 5 nitrogen and oxygen atoms in total. The Bertz CT molecular complexity index is 795. The number of rotatable bonds is 3. The van der Waals surface area contributed by atoms with Gasteiger partial charge in [-0.2, -0.15) is 0 Å². The summed E-state index contributed by atoms with van der Waals surface area (Å²) in [5, 5.41) is 19.1. The Morgan fingerprint density at radius 2 is 1.96 bits per heavy atom.